The van der Waals surface area contributed by atoms with Crippen LogP contribution in [-0.2, 0) is 0 Å². The predicted molar refractivity (Wildman–Crippen MR) is 244 cm³/mol. The average Bonchev–Trinajstić information content (AvgIpc) is 3.94. The molecule has 0 unspecified atom stereocenters. The summed E-state index contributed by atoms with van der Waals surface area (Å²) in [5, 5.41) is 7.64. The molecule has 3 heterocycles. The van der Waals surface area contributed by atoms with Gasteiger partial charge in [0.25, 0.3) is 0 Å². The van der Waals surface area contributed by atoms with Crippen LogP contribution in [0.15, 0.2) is 206 Å². The molecule has 12 aromatic rings. The molecule has 0 bridgehead atoms. The molecule has 0 spiro atoms. The van der Waals surface area contributed by atoms with E-state index in [2.05, 4.69) is 215 Å². The molecule has 0 aliphatic rings. The maximum Gasteiger partial charge on any atom is 0.0627 e. The molecule has 0 aliphatic heterocycles. The molecule has 266 valence electrons. The number of thiophene rings is 1. The third-order valence-corrected chi connectivity index (χ3v) is 12.8. The first kappa shape index (κ1) is 32.1. The van der Waals surface area contributed by atoms with Gasteiger partial charge in [-0.05, 0) is 88.5 Å². The van der Waals surface area contributed by atoms with Crippen LogP contribution >= 0.6 is 11.3 Å². The van der Waals surface area contributed by atoms with Gasteiger partial charge in [0.2, 0.25) is 0 Å². The molecule has 2 nitrogen and oxygen atoms in total. The summed E-state index contributed by atoms with van der Waals surface area (Å²) in [6, 6.07) is 75.7. The minimum absolute atomic E-state index is 1.14. The molecule has 0 radical (unpaired) electrons. The van der Waals surface area contributed by atoms with Crippen molar-refractivity contribution in [2.24, 2.45) is 0 Å². The van der Waals surface area contributed by atoms with Crippen molar-refractivity contribution in [3.05, 3.63) is 206 Å². The van der Waals surface area contributed by atoms with Crippen molar-refractivity contribution in [3.8, 4) is 44.8 Å². The van der Waals surface area contributed by atoms with Crippen molar-refractivity contribution in [1.29, 1.82) is 0 Å². The lowest BCUT2D eigenvalue weighted by Crippen LogP contribution is -1.97. The summed E-state index contributed by atoms with van der Waals surface area (Å²) in [6.45, 7) is 0. The lowest BCUT2D eigenvalue weighted by Gasteiger charge is -2.14. The van der Waals surface area contributed by atoms with Crippen LogP contribution in [0.4, 0.5) is 0 Å². The zero-order valence-electron chi connectivity index (χ0n) is 30.9. The zero-order valence-corrected chi connectivity index (χ0v) is 31.7. The second-order valence-corrected chi connectivity index (χ2v) is 16.0. The van der Waals surface area contributed by atoms with Gasteiger partial charge in [0.1, 0.15) is 0 Å². The molecule has 57 heavy (non-hydrogen) atoms. The lowest BCUT2D eigenvalue weighted by atomic mass is 9.96. The van der Waals surface area contributed by atoms with Crippen molar-refractivity contribution in [1.82, 2.24) is 9.13 Å². The molecule has 0 fully saturated rings. The number of fused-ring (bicyclic) bond motifs is 10. The van der Waals surface area contributed by atoms with E-state index < -0.39 is 0 Å². The van der Waals surface area contributed by atoms with E-state index in [1.807, 2.05) is 11.3 Å². The van der Waals surface area contributed by atoms with Crippen LogP contribution in [0.3, 0.4) is 0 Å². The molecule has 0 saturated carbocycles. The quantitative estimate of drug-likeness (QED) is 0.166. The van der Waals surface area contributed by atoms with E-state index in [1.165, 1.54) is 97.2 Å². The number of hydrogen-bond acceptors (Lipinski definition) is 1. The fraction of sp³-hybridized carbons (Fsp3) is 0. The van der Waals surface area contributed by atoms with Crippen LogP contribution in [-0.4, -0.2) is 9.13 Å². The second-order valence-electron chi connectivity index (χ2n) is 14.9. The van der Waals surface area contributed by atoms with Gasteiger partial charge in [0, 0.05) is 58.7 Å². The zero-order chi connectivity index (χ0) is 37.5. The number of aromatic nitrogens is 2. The van der Waals surface area contributed by atoms with Crippen LogP contribution in [0.1, 0.15) is 0 Å². The van der Waals surface area contributed by atoms with Crippen molar-refractivity contribution in [2.45, 2.75) is 0 Å². The molecular formula is C54H34N2S. The van der Waals surface area contributed by atoms with Crippen molar-refractivity contribution in [2.75, 3.05) is 0 Å². The highest BCUT2D eigenvalue weighted by Gasteiger charge is 2.25. The van der Waals surface area contributed by atoms with Crippen LogP contribution in [0.2, 0.25) is 0 Å². The maximum absolute atomic E-state index is 2.50. The van der Waals surface area contributed by atoms with E-state index in [-0.39, 0.29) is 0 Å². The van der Waals surface area contributed by atoms with E-state index in [0.717, 1.165) is 11.4 Å². The Balaban J connectivity index is 1.24. The highest BCUT2D eigenvalue weighted by Crippen LogP contribution is 2.48. The fourth-order valence-electron chi connectivity index (χ4n) is 9.14. The monoisotopic (exact) mass is 742 g/mol. The van der Waals surface area contributed by atoms with Crippen molar-refractivity contribution in [3.63, 3.8) is 0 Å². The Hall–Kier alpha value is -7.20. The Bertz CT molecular complexity index is 3480. The van der Waals surface area contributed by atoms with Gasteiger partial charge in [0.15, 0.2) is 0 Å². The Kier molecular flexibility index (Phi) is 7.13. The van der Waals surface area contributed by atoms with Gasteiger partial charge >= 0.3 is 0 Å². The van der Waals surface area contributed by atoms with Gasteiger partial charge in [-0.15, -0.1) is 11.3 Å². The van der Waals surface area contributed by atoms with E-state index in [9.17, 15) is 0 Å². The minimum atomic E-state index is 1.14. The number of rotatable bonds is 5. The number of para-hydroxylation sites is 2. The largest absolute Gasteiger partial charge is 0.309 e. The van der Waals surface area contributed by atoms with E-state index in [1.54, 1.807) is 0 Å². The molecule has 0 atom stereocenters. The second kappa shape index (κ2) is 12.7. The Morgan fingerprint density at radius 3 is 1.51 bits per heavy atom. The fourth-order valence-corrected chi connectivity index (χ4v) is 10.2. The maximum atomic E-state index is 2.50. The molecule has 0 amide bonds. The minimum Gasteiger partial charge on any atom is -0.309 e. The van der Waals surface area contributed by atoms with Gasteiger partial charge < -0.3 is 9.13 Å². The third-order valence-electron chi connectivity index (χ3n) is 11.7. The first-order valence-electron chi connectivity index (χ1n) is 19.5. The first-order chi connectivity index (χ1) is 28.3. The van der Waals surface area contributed by atoms with Gasteiger partial charge in [-0.1, -0.05) is 146 Å². The Morgan fingerprint density at radius 1 is 0.298 bits per heavy atom. The summed E-state index contributed by atoms with van der Waals surface area (Å²) < 4.78 is 7.63. The molecule has 0 aliphatic carbocycles. The van der Waals surface area contributed by atoms with E-state index in [0.29, 0.717) is 0 Å². The summed E-state index contributed by atoms with van der Waals surface area (Å²) in [7, 11) is 0. The van der Waals surface area contributed by atoms with Gasteiger partial charge in [-0.25, -0.2) is 0 Å². The summed E-state index contributed by atoms with van der Waals surface area (Å²) in [4.78, 5) is 0. The van der Waals surface area contributed by atoms with Crippen LogP contribution in [0.25, 0.3) is 109 Å². The SMILES string of the molecule is c1ccc(-c2ccc3c4c5c6ccc(-c7ccc8sc9ccccc9c8c7)cc6n(-c6ccccc6)c5cc(-c5ccccc5)c4n(-c4ccccc4)c3c2)cc1. The third kappa shape index (κ3) is 4.96. The Morgan fingerprint density at radius 2 is 0.807 bits per heavy atom. The number of benzene rings is 9. The van der Waals surface area contributed by atoms with Crippen LogP contribution in [0, 0.1) is 0 Å². The lowest BCUT2D eigenvalue weighted by molar-refractivity contribution is 1.17. The van der Waals surface area contributed by atoms with Gasteiger partial charge in [0.05, 0.1) is 22.1 Å². The molecule has 0 saturated heterocycles. The van der Waals surface area contributed by atoms with Crippen molar-refractivity contribution >= 4 is 75.1 Å². The summed E-state index contributed by atoms with van der Waals surface area (Å²) in [6.07, 6.45) is 0. The highest BCUT2D eigenvalue weighted by atomic mass is 32.1. The van der Waals surface area contributed by atoms with Crippen LogP contribution in [0.5, 0.6) is 0 Å². The molecular weight excluding hydrogens is 709 g/mol. The van der Waals surface area contributed by atoms with Crippen molar-refractivity contribution < 1.29 is 0 Å². The molecule has 3 aromatic heterocycles. The standard InChI is InChI=1S/C54H34N2S/c1-5-15-35(16-6-1)38-25-29-44-48(32-38)56(41-21-11-4-12-22-41)54-45(36-17-7-2-8-18-36)34-49-52(53(44)54)43-28-26-39(33-47(43)55(49)40-19-9-3-10-20-40)37-27-30-51-46(31-37)42-23-13-14-24-50(42)57-51/h1-34H. The van der Waals surface area contributed by atoms with Crippen LogP contribution < -0.4 is 0 Å². The predicted octanol–water partition coefficient (Wildman–Crippen LogP) is 15.2. The molecule has 12 rings (SSSR count). The normalized spacial score (nSPS) is 11.9. The highest BCUT2D eigenvalue weighted by molar-refractivity contribution is 7.25. The average molecular weight is 743 g/mol. The summed E-state index contributed by atoms with van der Waals surface area (Å²) in [5.74, 6) is 0. The Labute approximate surface area is 333 Å². The summed E-state index contributed by atoms with van der Waals surface area (Å²) >= 11 is 1.87. The van der Waals surface area contributed by atoms with Gasteiger partial charge in [-0.2, -0.15) is 0 Å². The number of hydrogen-bond donors (Lipinski definition) is 0. The molecule has 9 aromatic carbocycles. The topological polar surface area (TPSA) is 9.86 Å². The molecule has 3 heteroatoms. The van der Waals surface area contributed by atoms with E-state index in [4.69, 9.17) is 0 Å². The smallest absolute Gasteiger partial charge is 0.0627 e. The summed E-state index contributed by atoms with van der Waals surface area (Å²) in [5.41, 5.74) is 14.3. The number of nitrogens with zero attached hydrogens (tertiary/aromatic N) is 2. The first-order valence-corrected chi connectivity index (χ1v) is 20.3. The van der Waals surface area contributed by atoms with E-state index >= 15 is 0 Å². The van der Waals surface area contributed by atoms with Gasteiger partial charge in [-0.3, -0.25) is 0 Å². The molecule has 0 N–H and O–H groups in total.